The average molecular weight is 436 g/mol. The molecule has 0 heterocycles. The van der Waals surface area contributed by atoms with Crippen LogP contribution < -0.4 is 5.32 Å². The number of benzene rings is 2. The van der Waals surface area contributed by atoms with Gasteiger partial charge in [0.2, 0.25) is 0 Å². The third kappa shape index (κ3) is 11.2. The largest absolute Gasteiger partial charge is 0.461 e. The molecule has 0 saturated carbocycles. The molecule has 0 fully saturated rings. The van der Waals surface area contributed by atoms with Crippen LogP contribution >= 0.6 is 0 Å². The van der Waals surface area contributed by atoms with Gasteiger partial charge >= 0.3 is 12.1 Å². The van der Waals surface area contributed by atoms with Gasteiger partial charge in [-0.2, -0.15) is 0 Å². The quantitative estimate of drug-likeness (QED) is 0.432. The van der Waals surface area contributed by atoms with Crippen LogP contribution in [0.25, 0.3) is 12.2 Å². The van der Waals surface area contributed by atoms with E-state index in [-0.39, 0.29) is 31.5 Å². The zero-order chi connectivity index (χ0) is 23.0. The highest BCUT2D eigenvalue weighted by Gasteiger charge is 2.17. The maximum absolute atomic E-state index is 12.2. The molecule has 1 N–H and O–H groups in total. The molecule has 0 aromatic heterocycles. The maximum atomic E-state index is 12.2. The standard InChI is InChI=1S/C27H33NO4/c1-22(2)19-25(20-26(29)31-17-9-15-23-11-5-3-6-12-23)21-28-27(30)32-18-10-16-24-13-7-4-8-14-24/h3-16,22,25H,17-21H2,1-2H3,(H,28,30)/b15-9+,16-10+. The van der Waals surface area contributed by atoms with Gasteiger partial charge in [0.05, 0.1) is 6.42 Å². The minimum atomic E-state index is -0.490. The monoisotopic (exact) mass is 435 g/mol. The molecule has 2 rings (SSSR count). The number of carbonyl (C=O) groups excluding carboxylic acids is 2. The van der Waals surface area contributed by atoms with Gasteiger partial charge in [0, 0.05) is 6.54 Å². The van der Waals surface area contributed by atoms with Crippen molar-refractivity contribution in [2.24, 2.45) is 11.8 Å². The van der Waals surface area contributed by atoms with Crippen molar-refractivity contribution in [3.63, 3.8) is 0 Å². The summed E-state index contributed by atoms with van der Waals surface area (Å²) in [5.74, 6) is 0.125. The molecule has 0 bridgehead atoms. The minimum Gasteiger partial charge on any atom is -0.461 e. The zero-order valence-electron chi connectivity index (χ0n) is 18.9. The lowest BCUT2D eigenvalue weighted by atomic mass is 9.94. The van der Waals surface area contributed by atoms with E-state index in [0.717, 1.165) is 17.5 Å². The van der Waals surface area contributed by atoms with Gasteiger partial charge in [-0.15, -0.1) is 0 Å². The predicted molar refractivity (Wildman–Crippen MR) is 129 cm³/mol. The molecular weight excluding hydrogens is 402 g/mol. The van der Waals surface area contributed by atoms with E-state index in [1.54, 1.807) is 6.08 Å². The summed E-state index contributed by atoms with van der Waals surface area (Å²) in [6.07, 6.45) is 8.01. The van der Waals surface area contributed by atoms with Crippen molar-refractivity contribution in [1.82, 2.24) is 5.32 Å². The van der Waals surface area contributed by atoms with Gasteiger partial charge in [0.25, 0.3) is 0 Å². The Bertz CT molecular complexity index is 860. The Labute approximate surface area is 191 Å². The first kappa shape index (κ1) is 24.9. The Morgan fingerprint density at radius 2 is 1.38 bits per heavy atom. The van der Waals surface area contributed by atoms with Crippen molar-refractivity contribution in [3.8, 4) is 0 Å². The van der Waals surface area contributed by atoms with E-state index in [1.807, 2.05) is 78.9 Å². The number of hydrogen-bond acceptors (Lipinski definition) is 4. The Kier molecular flexibility index (Phi) is 11.4. The molecule has 0 aliphatic heterocycles. The topological polar surface area (TPSA) is 64.6 Å². The second-order valence-corrected chi connectivity index (χ2v) is 7.99. The summed E-state index contributed by atoms with van der Waals surface area (Å²) < 4.78 is 10.5. The van der Waals surface area contributed by atoms with Gasteiger partial charge in [-0.25, -0.2) is 4.79 Å². The van der Waals surface area contributed by atoms with Crippen molar-refractivity contribution >= 4 is 24.2 Å². The third-order valence-corrected chi connectivity index (χ3v) is 4.67. The zero-order valence-corrected chi connectivity index (χ0v) is 18.9. The summed E-state index contributed by atoms with van der Waals surface area (Å²) in [6, 6.07) is 19.6. The summed E-state index contributed by atoms with van der Waals surface area (Å²) in [5.41, 5.74) is 2.10. The number of rotatable bonds is 12. The van der Waals surface area contributed by atoms with Crippen molar-refractivity contribution in [1.29, 1.82) is 0 Å². The summed E-state index contributed by atoms with van der Waals surface area (Å²) in [5, 5.41) is 2.76. The molecule has 5 nitrogen and oxygen atoms in total. The fourth-order valence-electron chi connectivity index (χ4n) is 3.24. The fraction of sp³-hybridized carbons (Fsp3) is 0.333. The third-order valence-electron chi connectivity index (χ3n) is 4.67. The van der Waals surface area contributed by atoms with Gasteiger partial charge in [0.1, 0.15) is 13.2 Å². The second-order valence-electron chi connectivity index (χ2n) is 7.99. The molecule has 0 spiro atoms. The second kappa shape index (κ2) is 14.6. The molecule has 0 saturated heterocycles. The molecule has 1 atom stereocenters. The van der Waals surface area contributed by atoms with E-state index in [1.165, 1.54) is 0 Å². The molecular formula is C27H33NO4. The molecule has 0 radical (unpaired) electrons. The highest BCUT2D eigenvalue weighted by atomic mass is 16.5. The lowest BCUT2D eigenvalue weighted by molar-refractivity contribution is -0.143. The number of nitrogens with one attached hydrogen (secondary N) is 1. The Balaban J connectivity index is 1.69. The van der Waals surface area contributed by atoms with Crippen LogP contribution in [0.15, 0.2) is 72.8 Å². The van der Waals surface area contributed by atoms with Crippen molar-refractivity contribution < 1.29 is 19.1 Å². The molecule has 0 aliphatic rings. The van der Waals surface area contributed by atoms with E-state index in [4.69, 9.17) is 9.47 Å². The minimum absolute atomic E-state index is 0.00647. The van der Waals surface area contributed by atoms with Crippen molar-refractivity contribution in [3.05, 3.63) is 83.9 Å². The van der Waals surface area contributed by atoms with Crippen LogP contribution in [0.5, 0.6) is 0 Å². The van der Waals surface area contributed by atoms with Gasteiger partial charge in [-0.3, -0.25) is 4.79 Å². The summed E-state index contributed by atoms with van der Waals surface area (Å²) >= 11 is 0. The average Bonchev–Trinajstić information content (AvgIpc) is 2.79. The molecule has 0 aliphatic carbocycles. The summed E-state index contributed by atoms with van der Waals surface area (Å²) in [7, 11) is 0. The number of hydrogen-bond donors (Lipinski definition) is 1. The van der Waals surface area contributed by atoms with E-state index >= 15 is 0 Å². The number of carbonyl (C=O) groups is 2. The number of alkyl carbamates (subject to hydrolysis) is 1. The Hall–Kier alpha value is -3.34. The Morgan fingerprint density at radius 3 is 1.91 bits per heavy atom. The fourth-order valence-corrected chi connectivity index (χ4v) is 3.24. The van der Waals surface area contributed by atoms with E-state index in [0.29, 0.717) is 12.5 Å². The van der Waals surface area contributed by atoms with Crippen molar-refractivity contribution in [2.45, 2.75) is 26.7 Å². The van der Waals surface area contributed by atoms with Crippen LogP contribution in [0.3, 0.4) is 0 Å². The highest BCUT2D eigenvalue weighted by Crippen LogP contribution is 2.16. The smallest absolute Gasteiger partial charge is 0.407 e. The number of esters is 1. The molecule has 1 unspecified atom stereocenters. The van der Waals surface area contributed by atoms with E-state index in [9.17, 15) is 9.59 Å². The normalized spacial score (nSPS) is 12.2. The van der Waals surface area contributed by atoms with Crippen LogP contribution in [0.4, 0.5) is 4.79 Å². The Morgan fingerprint density at radius 1 is 0.844 bits per heavy atom. The molecule has 170 valence electrons. The molecule has 5 heteroatoms. The summed E-state index contributed by atoms with van der Waals surface area (Å²) in [6.45, 7) is 4.96. The van der Waals surface area contributed by atoms with Crippen LogP contribution in [0.1, 0.15) is 37.8 Å². The SMILES string of the molecule is CC(C)CC(CNC(=O)OC/C=C/c1ccccc1)CC(=O)OC/C=C/c1ccccc1. The van der Waals surface area contributed by atoms with Crippen molar-refractivity contribution in [2.75, 3.05) is 19.8 Å². The first-order valence-electron chi connectivity index (χ1n) is 11.0. The summed E-state index contributed by atoms with van der Waals surface area (Å²) in [4.78, 5) is 24.2. The van der Waals surface area contributed by atoms with Gasteiger partial charge in [-0.05, 0) is 41.5 Å². The lowest BCUT2D eigenvalue weighted by Crippen LogP contribution is -2.31. The molecule has 1 amide bonds. The number of amides is 1. The van der Waals surface area contributed by atoms with Crippen LogP contribution in [0.2, 0.25) is 0 Å². The first-order valence-corrected chi connectivity index (χ1v) is 11.0. The van der Waals surface area contributed by atoms with Crippen LogP contribution in [-0.4, -0.2) is 31.8 Å². The van der Waals surface area contributed by atoms with Gasteiger partial charge in [0.15, 0.2) is 0 Å². The van der Waals surface area contributed by atoms with E-state index < -0.39 is 6.09 Å². The first-order chi connectivity index (χ1) is 15.5. The predicted octanol–water partition coefficient (Wildman–Crippen LogP) is 5.74. The maximum Gasteiger partial charge on any atom is 0.407 e. The van der Waals surface area contributed by atoms with Gasteiger partial charge < -0.3 is 14.8 Å². The van der Waals surface area contributed by atoms with E-state index in [2.05, 4.69) is 19.2 Å². The van der Waals surface area contributed by atoms with Crippen LogP contribution in [0, 0.1) is 11.8 Å². The lowest BCUT2D eigenvalue weighted by Gasteiger charge is -2.18. The molecule has 2 aromatic carbocycles. The highest BCUT2D eigenvalue weighted by molar-refractivity contribution is 5.70. The molecule has 32 heavy (non-hydrogen) atoms. The van der Waals surface area contributed by atoms with Crippen LogP contribution in [-0.2, 0) is 14.3 Å². The molecule has 2 aromatic rings. The van der Waals surface area contributed by atoms with Gasteiger partial charge in [-0.1, -0.05) is 86.7 Å². The number of ether oxygens (including phenoxy) is 2.